The molecule has 0 saturated carbocycles. The quantitative estimate of drug-likeness (QED) is 0.474. The smallest absolute Gasteiger partial charge is 0.415 e. The zero-order valence-corrected chi connectivity index (χ0v) is 14.3. The number of benzene rings is 1. The van der Waals surface area contributed by atoms with E-state index in [1.807, 2.05) is 30.3 Å². The van der Waals surface area contributed by atoms with Crippen LogP contribution in [0.25, 0.3) is 0 Å². The molecule has 0 bridgehead atoms. The lowest BCUT2D eigenvalue weighted by molar-refractivity contribution is 0.148. The molecule has 0 aliphatic carbocycles. The third kappa shape index (κ3) is 6.34. The van der Waals surface area contributed by atoms with Crippen LogP contribution < -0.4 is 16.7 Å². The number of urea groups is 1. The highest BCUT2D eigenvalue weighted by atomic mass is 32.2. The van der Waals surface area contributed by atoms with Gasteiger partial charge in [0.1, 0.15) is 0 Å². The largest absolute Gasteiger partial charge is 0.449 e. The number of carbonyl (C=O) groups excluding carboxylic acids is 2. The number of amides is 3. The second kappa shape index (κ2) is 9.52. The van der Waals surface area contributed by atoms with Crippen molar-refractivity contribution in [2.45, 2.75) is 24.5 Å². The number of hydrogen-bond donors (Lipinski definition) is 3. The SMILES string of the molecule is NC(=O)NC(=O)OCCCSc1n[nH]c(=O)n1CCc1ccccc1. The number of aryl methyl sites for hydroxylation is 1. The molecule has 10 heteroatoms. The third-order valence-electron chi connectivity index (χ3n) is 3.17. The highest BCUT2D eigenvalue weighted by Gasteiger charge is 2.09. The van der Waals surface area contributed by atoms with E-state index >= 15 is 0 Å². The van der Waals surface area contributed by atoms with Crippen molar-refractivity contribution in [1.82, 2.24) is 20.1 Å². The van der Waals surface area contributed by atoms with Gasteiger partial charge in [-0.15, -0.1) is 5.10 Å². The van der Waals surface area contributed by atoms with Crippen molar-refractivity contribution >= 4 is 23.9 Å². The zero-order valence-electron chi connectivity index (χ0n) is 13.4. The summed E-state index contributed by atoms with van der Waals surface area (Å²) in [6.07, 6.45) is 0.387. The summed E-state index contributed by atoms with van der Waals surface area (Å²) >= 11 is 1.39. The summed E-state index contributed by atoms with van der Waals surface area (Å²) in [5, 5.41) is 8.84. The van der Waals surface area contributed by atoms with E-state index in [2.05, 4.69) is 10.2 Å². The van der Waals surface area contributed by atoms with E-state index in [1.54, 1.807) is 9.88 Å². The standard InChI is InChI=1S/C15H19N5O4S/c16-12(21)17-15(23)24-9-4-10-25-14-19-18-13(22)20(14)8-7-11-5-2-1-3-6-11/h1-3,5-6H,4,7-10H2,(H,18,22)(H3,16,17,21,23). The van der Waals surface area contributed by atoms with E-state index in [9.17, 15) is 14.4 Å². The maximum atomic E-state index is 11.9. The van der Waals surface area contributed by atoms with E-state index in [4.69, 9.17) is 10.5 Å². The molecule has 1 aromatic heterocycles. The number of rotatable bonds is 8. The lowest BCUT2D eigenvalue weighted by atomic mass is 10.1. The van der Waals surface area contributed by atoms with Gasteiger partial charge in [-0.25, -0.2) is 24.8 Å². The minimum absolute atomic E-state index is 0.130. The number of alkyl carbamates (subject to hydrolysis) is 1. The van der Waals surface area contributed by atoms with Crippen LogP contribution in [0, 0.1) is 0 Å². The molecule has 0 aliphatic heterocycles. The predicted octanol–water partition coefficient (Wildman–Crippen LogP) is 1.10. The number of hydrogen-bond acceptors (Lipinski definition) is 6. The van der Waals surface area contributed by atoms with Crippen molar-refractivity contribution in [3.63, 3.8) is 0 Å². The molecular weight excluding hydrogens is 346 g/mol. The minimum atomic E-state index is -0.960. The summed E-state index contributed by atoms with van der Waals surface area (Å²) in [6, 6.07) is 8.91. The fourth-order valence-electron chi connectivity index (χ4n) is 2.02. The predicted molar refractivity (Wildman–Crippen MR) is 92.4 cm³/mol. The maximum absolute atomic E-state index is 11.9. The topological polar surface area (TPSA) is 132 Å². The van der Waals surface area contributed by atoms with E-state index in [-0.39, 0.29) is 12.3 Å². The first-order chi connectivity index (χ1) is 12.1. The molecule has 0 fully saturated rings. The van der Waals surface area contributed by atoms with Gasteiger partial charge in [0.25, 0.3) is 0 Å². The van der Waals surface area contributed by atoms with Crippen molar-refractivity contribution < 1.29 is 14.3 Å². The maximum Gasteiger partial charge on any atom is 0.415 e. The van der Waals surface area contributed by atoms with Gasteiger partial charge >= 0.3 is 17.8 Å². The third-order valence-corrected chi connectivity index (χ3v) is 4.23. The molecule has 134 valence electrons. The number of ether oxygens (including phenoxy) is 1. The fraction of sp³-hybridized carbons (Fsp3) is 0.333. The number of primary amides is 1. The average molecular weight is 365 g/mol. The highest BCUT2D eigenvalue weighted by Crippen LogP contribution is 2.15. The Bertz CT molecular complexity index is 759. The summed E-state index contributed by atoms with van der Waals surface area (Å²) < 4.78 is 6.35. The fourth-order valence-corrected chi connectivity index (χ4v) is 2.91. The average Bonchev–Trinajstić information content (AvgIpc) is 2.93. The van der Waals surface area contributed by atoms with Gasteiger partial charge < -0.3 is 10.5 Å². The zero-order chi connectivity index (χ0) is 18.1. The van der Waals surface area contributed by atoms with E-state index in [1.165, 1.54) is 11.8 Å². The van der Waals surface area contributed by atoms with Crippen LogP contribution in [0.1, 0.15) is 12.0 Å². The van der Waals surface area contributed by atoms with Crippen LogP contribution in [-0.4, -0.2) is 39.2 Å². The molecule has 2 rings (SSSR count). The van der Waals surface area contributed by atoms with Gasteiger partial charge in [0, 0.05) is 12.3 Å². The minimum Gasteiger partial charge on any atom is -0.449 e. The van der Waals surface area contributed by atoms with Gasteiger partial charge in [-0.3, -0.25) is 4.57 Å². The lowest BCUT2D eigenvalue weighted by Crippen LogP contribution is -2.35. The van der Waals surface area contributed by atoms with Gasteiger partial charge in [0.15, 0.2) is 5.16 Å². The summed E-state index contributed by atoms with van der Waals surface area (Å²) in [4.78, 5) is 33.4. The van der Waals surface area contributed by atoms with Crippen LogP contribution in [-0.2, 0) is 17.7 Å². The first-order valence-electron chi connectivity index (χ1n) is 7.61. The van der Waals surface area contributed by atoms with Crippen molar-refractivity contribution in [2.24, 2.45) is 5.73 Å². The second-order valence-corrected chi connectivity index (χ2v) is 6.09. The van der Waals surface area contributed by atoms with Crippen molar-refractivity contribution in [3.8, 4) is 0 Å². The monoisotopic (exact) mass is 365 g/mol. The summed E-state index contributed by atoms with van der Waals surface area (Å²) in [5.74, 6) is 0.597. The molecule has 0 unspecified atom stereocenters. The lowest BCUT2D eigenvalue weighted by Gasteiger charge is -2.06. The Morgan fingerprint density at radius 3 is 2.80 bits per heavy atom. The molecule has 0 saturated heterocycles. The number of nitrogens with one attached hydrogen (secondary N) is 2. The van der Waals surface area contributed by atoms with Crippen molar-refractivity contribution in [2.75, 3.05) is 12.4 Å². The number of carbonyl (C=O) groups is 2. The summed E-state index contributed by atoms with van der Waals surface area (Å²) in [5.41, 5.74) is 5.68. The number of imide groups is 1. The molecule has 1 aromatic carbocycles. The number of aromatic amines is 1. The molecule has 25 heavy (non-hydrogen) atoms. The number of nitrogens with two attached hydrogens (primary N) is 1. The molecule has 0 radical (unpaired) electrons. The number of H-pyrrole nitrogens is 1. The van der Waals surface area contributed by atoms with Crippen molar-refractivity contribution in [1.29, 1.82) is 0 Å². The summed E-state index contributed by atoms with van der Waals surface area (Å²) in [6.45, 7) is 0.657. The Balaban J connectivity index is 1.76. The molecule has 9 nitrogen and oxygen atoms in total. The van der Waals surface area contributed by atoms with Gasteiger partial charge in [-0.05, 0) is 18.4 Å². The van der Waals surface area contributed by atoms with Crippen LogP contribution in [0.5, 0.6) is 0 Å². The molecule has 0 aliphatic rings. The molecule has 0 spiro atoms. The van der Waals surface area contributed by atoms with Gasteiger partial charge in [0.2, 0.25) is 0 Å². The Morgan fingerprint density at radius 2 is 2.08 bits per heavy atom. The van der Waals surface area contributed by atoms with Crippen LogP contribution in [0.15, 0.2) is 40.3 Å². The molecule has 2 aromatic rings. The molecule has 1 heterocycles. The molecular formula is C15H19N5O4S. The van der Waals surface area contributed by atoms with E-state index in [0.29, 0.717) is 23.9 Å². The Morgan fingerprint density at radius 1 is 1.32 bits per heavy atom. The van der Waals surface area contributed by atoms with Crippen molar-refractivity contribution in [3.05, 3.63) is 46.4 Å². The molecule has 0 atom stereocenters. The number of thioether (sulfide) groups is 1. The van der Waals surface area contributed by atoms with Gasteiger partial charge in [0.05, 0.1) is 6.61 Å². The highest BCUT2D eigenvalue weighted by molar-refractivity contribution is 7.99. The van der Waals surface area contributed by atoms with Crippen LogP contribution in [0.2, 0.25) is 0 Å². The number of aromatic nitrogens is 3. The first-order valence-corrected chi connectivity index (χ1v) is 8.60. The van der Waals surface area contributed by atoms with Gasteiger partial charge in [-0.1, -0.05) is 42.1 Å². The van der Waals surface area contributed by atoms with Gasteiger partial charge in [-0.2, -0.15) is 0 Å². The van der Waals surface area contributed by atoms with E-state index < -0.39 is 12.1 Å². The van der Waals surface area contributed by atoms with Crippen LogP contribution in [0.4, 0.5) is 9.59 Å². The molecule has 3 amide bonds. The Kier molecular flexibility index (Phi) is 7.08. The Hall–Kier alpha value is -2.75. The van der Waals surface area contributed by atoms with Crippen LogP contribution in [0.3, 0.4) is 0 Å². The second-order valence-electron chi connectivity index (χ2n) is 5.03. The number of nitrogens with zero attached hydrogens (tertiary/aromatic N) is 2. The summed E-state index contributed by atoms with van der Waals surface area (Å²) in [7, 11) is 0. The first kappa shape index (κ1) is 18.6. The van der Waals surface area contributed by atoms with Crippen LogP contribution >= 0.6 is 11.8 Å². The van der Waals surface area contributed by atoms with E-state index in [0.717, 1.165) is 12.0 Å². The normalized spacial score (nSPS) is 10.4. The Labute approximate surface area is 147 Å². The molecule has 4 N–H and O–H groups in total.